The quantitative estimate of drug-likeness (QED) is 0.756. The van der Waals surface area contributed by atoms with E-state index in [2.05, 4.69) is 5.32 Å². The van der Waals surface area contributed by atoms with Crippen LogP contribution in [0.3, 0.4) is 0 Å². The molecule has 1 N–H and O–H groups in total. The Morgan fingerprint density at radius 2 is 1.96 bits per heavy atom. The fourth-order valence-corrected chi connectivity index (χ4v) is 2.24. The maximum Gasteiger partial charge on any atom is 0.349 e. The number of benzene rings is 2. The molecule has 0 saturated carbocycles. The molecule has 0 fully saturated rings. The maximum absolute atomic E-state index is 13.5. The summed E-state index contributed by atoms with van der Waals surface area (Å²) in [6.45, 7) is 1.79. The standard InChI is InChI=1S/C18H14FNO3/c1-11-6-7-12(8-15(11)19)10-20-17(21)14-9-13-4-2-3-5-16(13)23-18(14)22/h2-9H,10H2,1H3,(H,20,21). The number of carbonyl (C=O) groups is 1. The Hall–Kier alpha value is -2.95. The minimum Gasteiger partial charge on any atom is -0.422 e. The molecule has 23 heavy (non-hydrogen) atoms. The highest BCUT2D eigenvalue weighted by atomic mass is 19.1. The Morgan fingerprint density at radius 1 is 1.17 bits per heavy atom. The molecule has 1 aromatic heterocycles. The van der Waals surface area contributed by atoms with E-state index >= 15 is 0 Å². The molecule has 0 bridgehead atoms. The van der Waals surface area contributed by atoms with Crippen LogP contribution >= 0.6 is 0 Å². The molecule has 0 aliphatic rings. The van der Waals surface area contributed by atoms with Crippen molar-refractivity contribution in [3.8, 4) is 0 Å². The van der Waals surface area contributed by atoms with Gasteiger partial charge in [0.1, 0.15) is 17.0 Å². The predicted molar refractivity (Wildman–Crippen MR) is 84.8 cm³/mol. The topological polar surface area (TPSA) is 59.3 Å². The van der Waals surface area contributed by atoms with Gasteiger partial charge in [-0.05, 0) is 36.2 Å². The van der Waals surface area contributed by atoms with Gasteiger partial charge in [-0.2, -0.15) is 0 Å². The van der Waals surface area contributed by atoms with Gasteiger partial charge in [0.05, 0.1) is 0 Å². The van der Waals surface area contributed by atoms with Gasteiger partial charge >= 0.3 is 5.63 Å². The van der Waals surface area contributed by atoms with Crippen molar-refractivity contribution in [1.29, 1.82) is 0 Å². The van der Waals surface area contributed by atoms with Crippen molar-refractivity contribution in [2.75, 3.05) is 0 Å². The average molecular weight is 311 g/mol. The Kier molecular flexibility index (Phi) is 3.93. The van der Waals surface area contributed by atoms with E-state index in [0.717, 1.165) is 0 Å². The number of para-hydroxylation sites is 1. The molecule has 0 atom stereocenters. The first kappa shape index (κ1) is 15.0. The highest BCUT2D eigenvalue weighted by Crippen LogP contribution is 2.13. The molecule has 0 aliphatic carbocycles. The molecular weight excluding hydrogens is 297 g/mol. The van der Waals surface area contributed by atoms with E-state index in [1.54, 1.807) is 43.3 Å². The zero-order valence-corrected chi connectivity index (χ0v) is 12.4. The van der Waals surface area contributed by atoms with Crippen LogP contribution in [0.1, 0.15) is 21.5 Å². The number of hydrogen-bond acceptors (Lipinski definition) is 3. The molecule has 116 valence electrons. The summed E-state index contributed by atoms with van der Waals surface area (Å²) in [6.07, 6.45) is 0. The molecule has 0 aliphatic heterocycles. The Labute approximate surface area is 131 Å². The minimum absolute atomic E-state index is 0.0729. The van der Waals surface area contributed by atoms with Crippen molar-refractivity contribution in [2.24, 2.45) is 0 Å². The van der Waals surface area contributed by atoms with E-state index in [1.807, 2.05) is 0 Å². The molecule has 3 aromatic rings. The van der Waals surface area contributed by atoms with Gasteiger partial charge in [0.25, 0.3) is 5.91 Å². The highest BCUT2D eigenvalue weighted by Gasteiger charge is 2.13. The largest absolute Gasteiger partial charge is 0.422 e. The second-order valence-electron chi connectivity index (χ2n) is 5.25. The zero-order chi connectivity index (χ0) is 16.4. The van der Waals surface area contributed by atoms with E-state index in [1.165, 1.54) is 12.1 Å². The van der Waals surface area contributed by atoms with Gasteiger partial charge in [-0.3, -0.25) is 4.79 Å². The van der Waals surface area contributed by atoms with Crippen molar-refractivity contribution in [3.05, 3.63) is 81.5 Å². The van der Waals surface area contributed by atoms with Crippen molar-refractivity contribution in [3.63, 3.8) is 0 Å². The number of amides is 1. The van der Waals surface area contributed by atoms with Crippen LogP contribution in [0.5, 0.6) is 0 Å². The summed E-state index contributed by atoms with van der Waals surface area (Å²) < 4.78 is 18.6. The summed E-state index contributed by atoms with van der Waals surface area (Å²) in [5, 5.41) is 3.27. The fourth-order valence-electron chi connectivity index (χ4n) is 2.24. The van der Waals surface area contributed by atoms with Gasteiger partial charge in [0, 0.05) is 11.9 Å². The minimum atomic E-state index is -0.698. The van der Waals surface area contributed by atoms with Gasteiger partial charge in [0.15, 0.2) is 0 Å². The van der Waals surface area contributed by atoms with Crippen molar-refractivity contribution in [1.82, 2.24) is 5.32 Å². The molecule has 0 unspecified atom stereocenters. The lowest BCUT2D eigenvalue weighted by Gasteiger charge is -2.06. The summed E-state index contributed by atoms with van der Waals surface area (Å²) in [5.41, 5.74) is 0.809. The molecular formula is C18H14FNO3. The fraction of sp³-hybridized carbons (Fsp3) is 0.111. The summed E-state index contributed by atoms with van der Waals surface area (Å²) >= 11 is 0. The lowest BCUT2D eigenvalue weighted by Crippen LogP contribution is -2.27. The van der Waals surface area contributed by atoms with E-state index in [-0.39, 0.29) is 17.9 Å². The summed E-state index contributed by atoms with van der Waals surface area (Å²) in [7, 11) is 0. The van der Waals surface area contributed by atoms with Crippen LogP contribution in [0.25, 0.3) is 11.0 Å². The van der Waals surface area contributed by atoms with Crippen molar-refractivity contribution in [2.45, 2.75) is 13.5 Å². The third-order valence-corrected chi connectivity index (χ3v) is 3.58. The lowest BCUT2D eigenvalue weighted by molar-refractivity contribution is 0.0947. The number of hydrogen-bond donors (Lipinski definition) is 1. The number of aryl methyl sites for hydroxylation is 1. The Balaban J connectivity index is 1.81. The molecule has 4 nitrogen and oxygen atoms in total. The zero-order valence-electron chi connectivity index (χ0n) is 12.4. The van der Waals surface area contributed by atoms with E-state index in [0.29, 0.717) is 22.1 Å². The first-order valence-corrected chi connectivity index (χ1v) is 7.11. The lowest BCUT2D eigenvalue weighted by atomic mass is 10.1. The van der Waals surface area contributed by atoms with Crippen LogP contribution in [-0.4, -0.2) is 5.91 Å². The Bertz CT molecular complexity index is 946. The van der Waals surface area contributed by atoms with E-state index in [9.17, 15) is 14.0 Å². The van der Waals surface area contributed by atoms with Crippen LogP contribution < -0.4 is 10.9 Å². The second kappa shape index (κ2) is 6.04. The number of nitrogens with one attached hydrogen (secondary N) is 1. The summed E-state index contributed by atoms with van der Waals surface area (Å²) in [4.78, 5) is 24.1. The van der Waals surface area contributed by atoms with Crippen LogP contribution in [0.4, 0.5) is 4.39 Å². The average Bonchev–Trinajstić information content (AvgIpc) is 2.55. The van der Waals surface area contributed by atoms with Crippen LogP contribution in [0, 0.1) is 12.7 Å². The van der Waals surface area contributed by atoms with Gasteiger partial charge in [-0.15, -0.1) is 0 Å². The molecule has 0 saturated heterocycles. The van der Waals surface area contributed by atoms with E-state index < -0.39 is 11.5 Å². The van der Waals surface area contributed by atoms with E-state index in [4.69, 9.17) is 4.42 Å². The maximum atomic E-state index is 13.5. The molecule has 1 heterocycles. The summed E-state index contributed by atoms with van der Waals surface area (Å²) in [6, 6.07) is 13.2. The van der Waals surface area contributed by atoms with Gasteiger partial charge in [-0.1, -0.05) is 30.3 Å². The molecule has 0 spiro atoms. The third-order valence-electron chi connectivity index (χ3n) is 3.58. The first-order valence-electron chi connectivity index (χ1n) is 7.11. The predicted octanol–water partition coefficient (Wildman–Crippen LogP) is 3.17. The number of rotatable bonds is 3. The summed E-state index contributed by atoms with van der Waals surface area (Å²) in [5.74, 6) is -0.882. The SMILES string of the molecule is Cc1ccc(CNC(=O)c2cc3ccccc3oc2=O)cc1F. The highest BCUT2D eigenvalue weighted by molar-refractivity contribution is 5.96. The number of fused-ring (bicyclic) bond motifs is 1. The molecule has 3 rings (SSSR count). The number of carbonyl (C=O) groups excluding carboxylic acids is 1. The second-order valence-corrected chi connectivity index (χ2v) is 5.25. The smallest absolute Gasteiger partial charge is 0.349 e. The van der Waals surface area contributed by atoms with Crippen LogP contribution in [0.15, 0.2) is 57.7 Å². The van der Waals surface area contributed by atoms with Crippen LogP contribution in [0.2, 0.25) is 0 Å². The van der Waals surface area contributed by atoms with Crippen LogP contribution in [-0.2, 0) is 6.54 Å². The molecule has 5 heteroatoms. The molecule has 0 radical (unpaired) electrons. The number of halogens is 1. The van der Waals surface area contributed by atoms with Crippen molar-refractivity contribution < 1.29 is 13.6 Å². The van der Waals surface area contributed by atoms with Crippen molar-refractivity contribution >= 4 is 16.9 Å². The molecule has 1 amide bonds. The first-order chi connectivity index (χ1) is 11.0. The van der Waals surface area contributed by atoms with Gasteiger partial charge in [0.2, 0.25) is 0 Å². The third kappa shape index (κ3) is 3.13. The molecule has 2 aromatic carbocycles. The van der Waals surface area contributed by atoms with Gasteiger partial charge < -0.3 is 9.73 Å². The van der Waals surface area contributed by atoms with Gasteiger partial charge in [-0.25, -0.2) is 9.18 Å². The normalized spacial score (nSPS) is 10.7. The Morgan fingerprint density at radius 3 is 2.74 bits per heavy atom. The monoisotopic (exact) mass is 311 g/mol.